The van der Waals surface area contributed by atoms with Crippen molar-refractivity contribution in [2.75, 3.05) is 42.1 Å². The summed E-state index contributed by atoms with van der Waals surface area (Å²) in [7, 11) is 0. The SMILES string of the molecule is CC(C)CN1CCC(N(CC2CC2)c2ccc(C(=O)Nc3ccccc3N)cc2)CC1. The first kappa shape index (κ1) is 21.7. The fourth-order valence-electron chi connectivity index (χ4n) is 4.58. The molecule has 1 aliphatic heterocycles. The molecule has 0 aromatic heterocycles. The highest BCUT2D eigenvalue weighted by atomic mass is 16.1. The Balaban J connectivity index is 1.42. The van der Waals surface area contributed by atoms with Gasteiger partial charge >= 0.3 is 0 Å². The maximum Gasteiger partial charge on any atom is 0.255 e. The minimum absolute atomic E-state index is 0.125. The Morgan fingerprint density at radius 3 is 2.35 bits per heavy atom. The van der Waals surface area contributed by atoms with E-state index in [1.165, 1.54) is 51.0 Å². The number of piperidine rings is 1. The second kappa shape index (κ2) is 9.73. The topological polar surface area (TPSA) is 61.6 Å². The lowest BCUT2D eigenvalue weighted by molar-refractivity contribution is 0.102. The maximum absolute atomic E-state index is 12.7. The van der Waals surface area contributed by atoms with Gasteiger partial charge in [0.15, 0.2) is 0 Å². The monoisotopic (exact) mass is 420 g/mol. The number of nitrogen functional groups attached to an aromatic ring is 1. The van der Waals surface area contributed by atoms with E-state index in [2.05, 4.69) is 41.1 Å². The molecule has 5 heteroatoms. The average Bonchev–Trinajstić information content (AvgIpc) is 3.58. The summed E-state index contributed by atoms with van der Waals surface area (Å²) in [6, 6.07) is 16.1. The molecule has 0 unspecified atom stereocenters. The summed E-state index contributed by atoms with van der Waals surface area (Å²) in [5, 5.41) is 2.92. The van der Waals surface area contributed by atoms with Gasteiger partial charge in [-0.1, -0.05) is 26.0 Å². The van der Waals surface area contributed by atoms with Gasteiger partial charge in [-0.05, 0) is 73.9 Å². The van der Waals surface area contributed by atoms with Crippen LogP contribution in [0.2, 0.25) is 0 Å². The summed E-state index contributed by atoms with van der Waals surface area (Å²) in [4.78, 5) is 17.9. The van der Waals surface area contributed by atoms with Gasteiger partial charge in [0.05, 0.1) is 11.4 Å². The molecule has 1 aliphatic carbocycles. The zero-order chi connectivity index (χ0) is 21.8. The number of benzene rings is 2. The van der Waals surface area contributed by atoms with E-state index in [1.807, 2.05) is 30.3 Å². The van der Waals surface area contributed by atoms with Crippen molar-refractivity contribution in [3.63, 3.8) is 0 Å². The summed E-state index contributed by atoms with van der Waals surface area (Å²) in [6.45, 7) is 9.31. The van der Waals surface area contributed by atoms with Crippen molar-refractivity contribution >= 4 is 23.0 Å². The van der Waals surface area contributed by atoms with Gasteiger partial charge < -0.3 is 20.9 Å². The molecule has 3 N–H and O–H groups in total. The number of likely N-dealkylation sites (tertiary alicyclic amines) is 1. The second-order valence-corrected chi connectivity index (χ2v) is 9.61. The predicted octanol–water partition coefficient (Wildman–Crippen LogP) is 4.86. The number of carbonyl (C=O) groups is 1. The highest BCUT2D eigenvalue weighted by molar-refractivity contribution is 6.05. The third-order valence-electron chi connectivity index (χ3n) is 6.44. The van der Waals surface area contributed by atoms with Crippen molar-refractivity contribution in [3.05, 3.63) is 54.1 Å². The number of amides is 1. The van der Waals surface area contributed by atoms with Crippen LogP contribution in [0.15, 0.2) is 48.5 Å². The Labute approximate surface area is 186 Å². The molecule has 0 bridgehead atoms. The first-order chi connectivity index (χ1) is 15.0. The highest BCUT2D eigenvalue weighted by Gasteiger charge is 2.30. The van der Waals surface area contributed by atoms with Gasteiger partial charge in [-0.2, -0.15) is 0 Å². The number of nitrogens with two attached hydrogens (primary N) is 1. The number of hydrogen-bond acceptors (Lipinski definition) is 4. The van der Waals surface area contributed by atoms with Crippen LogP contribution in [0.4, 0.5) is 17.1 Å². The van der Waals surface area contributed by atoms with E-state index >= 15 is 0 Å². The molecule has 5 nitrogen and oxygen atoms in total. The van der Waals surface area contributed by atoms with Crippen molar-refractivity contribution < 1.29 is 4.79 Å². The molecule has 0 atom stereocenters. The van der Waals surface area contributed by atoms with E-state index in [1.54, 1.807) is 6.07 Å². The first-order valence-corrected chi connectivity index (χ1v) is 11.7. The van der Waals surface area contributed by atoms with Crippen LogP contribution in [-0.4, -0.2) is 43.0 Å². The van der Waals surface area contributed by atoms with Crippen molar-refractivity contribution in [1.82, 2.24) is 4.90 Å². The summed E-state index contributed by atoms with van der Waals surface area (Å²) >= 11 is 0. The quantitative estimate of drug-likeness (QED) is 0.599. The van der Waals surface area contributed by atoms with Crippen LogP contribution in [0.5, 0.6) is 0 Å². The van der Waals surface area contributed by atoms with Gasteiger partial charge in [0, 0.05) is 43.5 Å². The second-order valence-electron chi connectivity index (χ2n) is 9.61. The Bertz CT molecular complexity index is 867. The number of hydrogen-bond donors (Lipinski definition) is 2. The molecular formula is C26H36N4O. The Morgan fingerprint density at radius 2 is 1.74 bits per heavy atom. The van der Waals surface area contributed by atoms with Gasteiger partial charge in [-0.15, -0.1) is 0 Å². The summed E-state index contributed by atoms with van der Waals surface area (Å²) in [5.41, 5.74) is 9.08. The van der Waals surface area contributed by atoms with E-state index in [0.717, 1.165) is 18.4 Å². The van der Waals surface area contributed by atoms with Crippen molar-refractivity contribution in [3.8, 4) is 0 Å². The minimum atomic E-state index is -0.125. The third kappa shape index (κ3) is 5.79. The molecule has 0 spiro atoms. The molecule has 2 aromatic rings. The van der Waals surface area contributed by atoms with Crippen LogP contribution in [0.25, 0.3) is 0 Å². The minimum Gasteiger partial charge on any atom is -0.397 e. The van der Waals surface area contributed by atoms with Crippen LogP contribution in [0.3, 0.4) is 0 Å². The van der Waals surface area contributed by atoms with Crippen LogP contribution in [0.1, 0.15) is 49.9 Å². The molecule has 1 heterocycles. The van der Waals surface area contributed by atoms with Gasteiger partial charge in [-0.3, -0.25) is 4.79 Å². The standard InChI is InChI=1S/C26H36N4O/c1-19(2)17-29-15-13-23(14-16-29)30(18-20-7-8-20)22-11-9-21(10-12-22)26(31)28-25-6-4-3-5-24(25)27/h3-6,9-12,19-20,23H,7-8,13-18,27H2,1-2H3,(H,28,31). The normalized spacial score (nSPS) is 17.6. The van der Waals surface area contributed by atoms with Crippen LogP contribution < -0.4 is 16.0 Å². The lowest BCUT2D eigenvalue weighted by atomic mass is 10.0. The fraction of sp³-hybridized carbons (Fsp3) is 0.500. The number of carbonyl (C=O) groups excluding carboxylic acids is 1. The Kier molecular flexibility index (Phi) is 6.81. The fourth-order valence-corrected chi connectivity index (χ4v) is 4.58. The summed E-state index contributed by atoms with van der Waals surface area (Å²) < 4.78 is 0. The van der Waals surface area contributed by atoms with Crippen LogP contribution >= 0.6 is 0 Å². The van der Waals surface area contributed by atoms with E-state index < -0.39 is 0 Å². The third-order valence-corrected chi connectivity index (χ3v) is 6.44. The molecule has 0 radical (unpaired) electrons. The number of anilines is 3. The predicted molar refractivity (Wildman–Crippen MR) is 130 cm³/mol. The molecule has 31 heavy (non-hydrogen) atoms. The Morgan fingerprint density at radius 1 is 1.06 bits per heavy atom. The molecular weight excluding hydrogens is 384 g/mol. The zero-order valence-corrected chi connectivity index (χ0v) is 18.9. The lowest BCUT2D eigenvalue weighted by Crippen LogP contribution is -2.46. The maximum atomic E-state index is 12.7. The van der Waals surface area contributed by atoms with Gasteiger partial charge in [0.1, 0.15) is 0 Å². The van der Waals surface area contributed by atoms with E-state index in [4.69, 9.17) is 5.73 Å². The van der Waals surface area contributed by atoms with Crippen molar-refractivity contribution in [2.45, 2.75) is 45.6 Å². The van der Waals surface area contributed by atoms with Crippen LogP contribution in [0, 0.1) is 11.8 Å². The lowest BCUT2D eigenvalue weighted by Gasteiger charge is -2.40. The molecule has 1 saturated carbocycles. The van der Waals surface area contributed by atoms with E-state index in [9.17, 15) is 4.79 Å². The number of nitrogens with one attached hydrogen (secondary N) is 1. The number of para-hydroxylation sites is 2. The van der Waals surface area contributed by atoms with Gasteiger partial charge in [0.2, 0.25) is 0 Å². The van der Waals surface area contributed by atoms with E-state index in [-0.39, 0.29) is 5.91 Å². The number of rotatable bonds is 8. The highest BCUT2D eigenvalue weighted by Crippen LogP contribution is 2.34. The molecule has 1 saturated heterocycles. The van der Waals surface area contributed by atoms with Gasteiger partial charge in [-0.25, -0.2) is 0 Å². The molecule has 2 fully saturated rings. The molecule has 2 aliphatic rings. The number of nitrogens with zero attached hydrogens (tertiary/aromatic N) is 2. The summed E-state index contributed by atoms with van der Waals surface area (Å²) in [6.07, 6.45) is 5.13. The molecule has 1 amide bonds. The summed E-state index contributed by atoms with van der Waals surface area (Å²) in [5.74, 6) is 1.43. The van der Waals surface area contributed by atoms with Gasteiger partial charge in [0.25, 0.3) is 5.91 Å². The van der Waals surface area contributed by atoms with Crippen LogP contribution in [-0.2, 0) is 0 Å². The molecule has 2 aromatic carbocycles. The zero-order valence-electron chi connectivity index (χ0n) is 18.9. The average molecular weight is 421 g/mol. The largest absolute Gasteiger partial charge is 0.397 e. The van der Waals surface area contributed by atoms with E-state index in [0.29, 0.717) is 23.0 Å². The molecule has 166 valence electrons. The Hall–Kier alpha value is -2.53. The molecule has 4 rings (SSSR count). The van der Waals surface area contributed by atoms with Crippen molar-refractivity contribution in [1.29, 1.82) is 0 Å². The first-order valence-electron chi connectivity index (χ1n) is 11.7. The van der Waals surface area contributed by atoms with Crippen molar-refractivity contribution in [2.24, 2.45) is 11.8 Å². The smallest absolute Gasteiger partial charge is 0.255 e.